The molecule has 2 aliphatic rings. The molecule has 0 radical (unpaired) electrons. The Balaban J connectivity index is 1.59. The Morgan fingerprint density at radius 3 is 2.79 bits per heavy atom. The molecule has 0 bridgehead atoms. The largest absolute Gasteiger partial charge is 0.354 e. The van der Waals surface area contributed by atoms with E-state index in [1.807, 2.05) is 4.90 Å². The molecule has 0 N–H and O–H groups in total. The molecule has 3 heterocycles. The summed E-state index contributed by atoms with van der Waals surface area (Å²) >= 11 is 0. The highest BCUT2D eigenvalue weighted by Gasteiger charge is 2.24. The topological polar surface area (TPSA) is 28.5 Å². The third-order valence-electron chi connectivity index (χ3n) is 4.44. The molecule has 0 atom stereocenters. The molecule has 3 rings (SSSR count). The molecule has 0 saturated carbocycles. The molecular weight excluding hydrogens is 238 g/mol. The van der Waals surface area contributed by atoms with Gasteiger partial charge in [-0.1, -0.05) is 6.42 Å². The van der Waals surface area contributed by atoms with E-state index in [1.54, 1.807) is 0 Å². The zero-order valence-electron chi connectivity index (χ0n) is 11.8. The van der Waals surface area contributed by atoms with Crippen LogP contribution in [0.2, 0.25) is 0 Å². The first kappa shape index (κ1) is 12.7. The first-order valence-electron chi connectivity index (χ1n) is 7.37. The number of piperidine rings is 1. The summed E-state index contributed by atoms with van der Waals surface area (Å²) in [7, 11) is 2.09. The minimum atomic E-state index is 0.302. The van der Waals surface area contributed by atoms with Gasteiger partial charge in [0.05, 0.1) is 6.54 Å². The number of fused-ring (bicyclic) bond motifs is 1. The van der Waals surface area contributed by atoms with Crippen molar-refractivity contribution in [1.29, 1.82) is 0 Å². The van der Waals surface area contributed by atoms with Crippen LogP contribution < -0.4 is 0 Å². The van der Waals surface area contributed by atoms with Crippen molar-refractivity contribution in [3.63, 3.8) is 0 Å². The molecule has 19 heavy (non-hydrogen) atoms. The summed E-state index contributed by atoms with van der Waals surface area (Å²) in [4.78, 5) is 16.7. The van der Waals surface area contributed by atoms with Gasteiger partial charge in [-0.3, -0.25) is 9.69 Å². The lowest BCUT2D eigenvalue weighted by Crippen LogP contribution is -2.44. The second-order valence-electron chi connectivity index (χ2n) is 5.80. The van der Waals surface area contributed by atoms with Crippen LogP contribution in [0.4, 0.5) is 0 Å². The van der Waals surface area contributed by atoms with Gasteiger partial charge in [-0.15, -0.1) is 0 Å². The maximum Gasteiger partial charge on any atom is 0.237 e. The molecular formula is C15H23N3O. The van der Waals surface area contributed by atoms with Crippen LogP contribution >= 0.6 is 0 Å². The zero-order valence-corrected chi connectivity index (χ0v) is 11.8. The second kappa shape index (κ2) is 5.37. The first-order chi connectivity index (χ1) is 9.24. The lowest BCUT2D eigenvalue weighted by Gasteiger charge is -2.32. The average molecular weight is 261 g/mol. The highest BCUT2D eigenvalue weighted by Crippen LogP contribution is 2.20. The van der Waals surface area contributed by atoms with Crippen molar-refractivity contribution < 1.29 is 4.79 Å². The van der Waals surface area contributed by atoms with Crippen molar-refractivity contribution in [2.45, 2.75) is 32.2 Å². The van der Waals surface area contributed by atoms with Gasteiger partial charge in [0, 0.05) is 38.4 Å². The van der Waals surface area contributed by atoms with E-state index < -0.39 is 0 Å². The predicted octanol–water partition coefficient (Wildman–Crippen LogP) is 1.40. The fourth-order valence-corrected chi connectivity index (χ4v) is 3.24. The monoisotopic (exact) mass is 261 g/mol. The maximum atomic E-state index is 12.4. The molecule has 1 saturated heterocycles. The van der Waals surface area contributed by atoms with Gasteiger partial charge >= 0.3 is 0 Å². The first-order valence-corrected chi connectivity index (χ1v) is 7.37. The van der Waals surface area contributed by atoms with Gasteiger partial charge in [-0.05, 0) is 37.6 Å². The van der Waals surface area contributed by atoms with Gasteiger partial charge in [0.1, 0.15) is 0 Å². The van der Waals surface area contributed by atoms with Gasteiger partial charge in [0.15, 0.2) is 0 Å². The Hall–Kier alpha value is -1.29. The van der Waals surface area contributed by atoms with Crippen LogP contribution in [-0.2, 0) is 24.8 Å². The van der Waals surface area contributed by atoms with E-state index in [0.717, 1.165) is 32.6 Å². The number of carbonyl (C=O) groups is 1. The molecule has 4 nitrogen and oxygen atoms in total. The Kier molecular flexibility index (Phi) is 3.60. The third kappa shape index (κ3) is 2.68. The number of aromatic nitrogens is 1. The molecule has 1 aromatic rings. The van der Waals surface area contributed by atoms with Crippen molar-refractivity contribution >= 4 is 5.91 Å². The summed E-state index contributed by atoms with van der Waals surface area (Å²) in [6.07, 6.45) is 6.90. The summed E-state index contributed by atoms with van der Waals surface area (Å²) in [5.41, 5.74) is 2.71. The van der Waals surface area contributed by atoms with Gasteiger partial charge in [0.25, 0.3) is 0 Å². The molecule has 1 amide bonds. The van der Waals surface area contributed by atoms with Crippen LogP contribution in [0.3, 0.4) is 0 Å². The highest BCUT2D eigenvalue weighted by atomic mass is 16.2. The van der Waals surface area contributed by atoms with Crippen molar-refractivity contribution in [2.24, 2.45) is 7.05 Å². The lowest BCUT2D eigenvalue weighted by molar-refractivity contribution is -0.133. The van der Waals surface area contributed by atoms with E-state index in [4.69, 9.17) is 0 Å². The summed E-state index contributed by atoms with van der Waals surface area (Å²) in [6, 6.07) is 2.15. The Labute approximate surface area is 115 Å². The van der Waals surface area contributed by atoms with Crippen LogP contribution in [0.1, 0.15) is 30.5 Å². The summed E-state index contributed by atoms with van der Waals surface area (Å²) in [6.45, 7) is 4.47. The van der Waals surface area contributed by atoms with Crippen molar-refractivity contribution in [3.05, 3.63) is 23.5 Å². The van der Waals surface area contributed by atoms with E-state index in [-0.39, 0.29) is 0 Å². The number of aryl methyl sites for hydroxylation is 1. The van der Waals surface area contributed by atoms with Crippen molar-refractivity contribution in [2.75, 3.05) is 26.2 Å². The lowest BCUT2D eigenvalue weighted by atomic mass is 10.1. The van der Waals surface area contributed by atoms with Crippen molar-refractivity contribution in [1.82, 2.24) is 14.4 Å². The fourth-order valence-electron chi connectivity index (χ4n) is 3.24. The fraction of sp³-hybridized carbons (Fsp3) is 0.667. The summed E-state index contributed by atoms with van der Waals surface area (Å²) < 4.78 is 2.18. The normalized spacial score (nSPS) is 20.4. The molecule has 104 valence electrons. The van der Waals surface area contributed by atoms with Crippen molar-refractivity contribution in [3.8, 4) is 0 Å². The SMILES string of the molecule is Cn1ccc2c1CCN(C(=O)CN1CCCCC1)C2. The quantitative estimate of drug-likeness (QED) is 0.805. The van der Waals surface area contributed by atoms with E-state index >= 15 is 0 Å². The second-order valence-corrected chi connectivity index (χ2v) is 5.80. The smallest absolute Gasteiger partial charge is 0.237 e. The van der Waals surface area contributed by atoms with Crippen LogP contribution in [0.25, 0.3) is 0 Å². The number of hydrogen-bond acceptors (Lipinski definition) is 2. The zero-order chi connectivity index (χ0) is 13.2. The van der Waals surface area contributed by atoms with Crippen LogP contribution in [-0.4, -0.2) is 46.5 Å². The van der Waals surface area contributed by atoms with Gasteiger partial charge < -0.3 is 9.47 Å². The van der Waals surface area contributed by atoms with Gasteiger partial charge in [0.2, 0.25) is 5.91 Å². The van der Waals surface area contributed by atoms with E-state index in [9.17, 15) is 4.79 Å². The summed E-state index contributed by atoms with van der Waals surface area (Å²) in [5.74, 6) is 0.302. The number of nitrogens with zero attached hydrogens (tertiary/aromatic N) is 3. The highest BCUT2D eigenvalue weighted by molar-refractivity contribution is 5.78. The van der Waals surface area contributed by atoms with Crippen LogP contribution in [0.15, 0.2) is 12.3 Å². The molecule has 0 spiro atoms. The van der Waals surface area contributed by atoms with E-state index in [0.29, 0.717) is 12.5 Å². The molecule has 0 aliphatic carbocycles. The molecule has 1 fully saturated rings. The average Bonchev–Trinajstić information content (AvgIpc) is 2.81. The molecule has 0 aromatic carbocycles. The van der Waals surface area contributed by atoms with E-state index in [1.165, 1.54) is 30.5 Å². The number of likely N-dealkylation sites (tertiary alicyclic amines) is 1. The number of amides is 1. The van der Waals surface area contributed by atoms with Gasteiger partial charge in [-0.25, -0.2) is 0 Å². The minimum Gasteiger partial charge on any atom is -0.354 e. The number of rotatable bonds is 2. The van der Waals surface area contributed by atoms with Crippen LogP contribution in [0, 0.1) is 0 Å². The number of hydrogen-bond donors (Lipinski definition) is 0. The maximum absolute atomic E-state index is 12.4. The Morgan fingerprint density at radius 1 is 1.21 bits per heavy atom. The molecule has 0 unspecified atom stereocenters. The third-order valence-corrected chi connectivity index (χ3v) is 4.44. The molecule has 2 aliphatic heterocycles. The van der Waals surface area contributed by atoms with Gasteiger partial charge in [-0.2, -0.15) is 0 Å². The van der Waals surface area contributed by atoms with Crippen LogP contribution in [0.5, 0.6) is 0 Å². The molecule has 1 aromatic heterocycles. The number of carbonyl (C=O) groups excluding carboxylic acids is 1. The van der Waals surface area contributed by atoms with E-state index in [2.05, 4.69) is 28.8 Å². The Morgan fingerprint density at radius 2 is 2.00 bits per heavy atom. The standard InChI is InChI=1S/C15H23N3O/c1-16-9-5-13-11-18(10-6-14(13)16)15(19)12-17-7-3-2-4-8-17/h5,9H,2-4,6-8,10-12H2,1H3. The summed E-state index contributed by atoms with van der Waals surface area (Å²) in [5, 5.41) is 0. The minimum absolute atomic E-state index is 0.302. The molecule has 4 heteroatoms. The predicted molar refractivity (Wildman–Crippen MR) is 74.8 cm³/mol. The Bertz CT molecular complexity index is 460.